The Kier molecular flexibility index (Phi) is 4.52. The SMILES string of the molecule is O=C(Nc1nccs1)NC1CCC(n2nc(C3CC3)ccc2=O)CC1. The van der Waals surface area contributed by atoms with Gasteiger partial charge in [-0.1, -0.05) is 0 Å². The van der Waals surface area contributed by atoms with E-state index in [0.29, 0.717) is 11.0 Å². The molecule has 2 amide bonds. The normalized spacial score (nSPS) is 23.2. The topological polar surface area (TPSA) is 88.9 Å². The second kappa shape index (κ2) is 6.95. The molecule has 2 aromatic rings. The summed E-state index contributed by atoms with van der Waals surface area (Å²) in [5.74, 6) is 0.541. The lowest BCUT2D eigenvalue weighted by Gasteiger charge is -2.29. The van der Waals surface area contributed by atoms with Gasteiger partial charge < -0.3 is 5.32 Å². The van der Waals surface area contributed by atoms with E-state index in [0.717, 1.165) is 31.4 Å². The molecule has 0 spiro atoms. The molecule has 0 bridgehead atoms. The maximum Gasteiger partial charge on any atom is 0.321 e. The molecule has 25 heavy (non-hydrogen) atoms. The van der Waals surface area contributed by atoms with Crippen LogP contribution in [0.3, 0.4) is 0 Å². The second-order valence-electron chi connectivity index (χ2n) is 6.76. The van der Waals surface area contributed by atoms with E-state index in [1.54, 1.807) is 16.9 Å². The van der Waals surface area contributed by atoms with Crippen LogP contribution >= 0.6 is 11.3 Å². The number of nitrogens with one attached hydrogen (secondary N) is 2. The van der Waals surface area contributed by atoms with Crippen molar-refractivity contribution < 1.29 is 4.79 Å². The molecule has 0 aromatic carbocycles. The van der Waals surface area contributed by atoms with Crippen molar-refractivity contribution in [3.8, 4) is 0 Å². The van der Waals surface area contributed by atoms with Crippen molar-refractivity contribution >= 4 is 22.5 Å². The number of hydrogen-bond donors (Lipinski definition) is 2. The largest absolute Gasteiger partial charge is 0.335 e. The standard InChI is InChI=1S/C17H21N5O2S/c23-15-8-7-14(11-1-2-11)21-22(15)13-5-3-12(4-6-13)19-16(24)20-17-18-9-10-25-17/h7-13H,1-6H2,(H2,18,19,20,24). The lowest BCUT2D eigenvalue weighted by Crippen LogP contribution is -2.41. The maximum atomic E-state index is 12.2. The lowest BCUT2D eigenvalue weighted by molar-refractivity contribution is 0.234. The third kappa shape index (κ3) is 3.89. The monoisotopic (exact) mass is 359 g/mol. The summed E-state index contributed by atoms with van der Waals surface area (Å²) in [6.45, 7) is 0. The summed E-state index contributed by atoms with van der Waals surface area (Å²) in [5, 5.41) is 12.7. The minimum Gasteiger partial charge on any atom is -0.335 e. The van der Waals surface area contributed by atoms with Gasteiger partial charge in [-0.05, 0) is 44.6 Å². The molecule has 2 N–H and O–H groups in total. The summed E-state index contributed by atoms with van der Waals surface area (Å²) in [4.78, 5) is 28.2. The third-order valence-corrected chi connectivity index (χ3v) is 5.56. The minimum absolute atomic E-state index is 0.0256. The van der Waals surface area contributed by atoms with E-state index in [2.05, 4.69) is 20.7 Å². The Balaban J connectivity index is 1.33. The average Bonchev–Trinajstić information content (AvgIpc) is 3.34. The van der Waals surface area contributed by atoms with Gasteiger partial charge in [-0.2, -0.15) is 5.10 Å². The molecule has 2 aliphatic carbocycles. The number of nitrogens with zero attached hydrogens (tertiary/aromatic N) is 3. The predicted octanol–water partition coefficient (Wildman–Crippen LogP) is 2.88. The van der Waals surface area contributed by atoms with Gasteiger partial charge >= 0.3 is 6.03 Å². The fourth-order valence-corrected chi connectivity index (χ4v) is 3.89. The first kappa shape index (κ1) is 16.3. The number of carbonyl (C=O) groups excluding carboxylic acids is 1. The Hall–Kier alpha value is -2.22. The highest BCUT2D eigenvalue weighted by Gasteiger charge is 2.28. The molecule has 0 radical (unpaired) electrons. The summed E-state index contributed by atoms with van der Waals surface area (Å²) in [6.07, 6.45) is 7.40. The molecule has 2 aliphatic rings. The zero-order chi connectivity index (χ0) is 17.2. The van der Waals surface area contributed by atoms with Crippen LogP contribution in [0.1, 0.15) is 56.2 Å². The van der Waals surface area contributed by atoms with Crippen LogP contribution in [0.4, 0.5) is 9.93 Å². The molecular weight excluding hydrogens is 338 g/mol. The fourth-order valence-electron chi connectivity index (χ4n) is 3.37. The highest BCUT2D eigenvalue weighted by Crippen LogP contribution is 2.38. The molecule has 132 valence electrons. The molecule has 2 saturated carbocycles. The molecule has 8 heteroatoms. The molecular formula is C17H21N5O2S. The maximum absolute atomic E-state index is 12.2. The molecule has 0 aliphatic heterocycles. The molecule has 7 nitrogen and oxygen atoms in total. The first-order chi connectivity index (χ1) is 12.2. The number of aromatic nitrogens is 3. The number of anilines is 1. The van der Waals surface area contributed by atoms with Crippen LogP contribution in [0.5, 0.6) is 0 Å². The predicted molar refractivity (Wildman–Crippen MR) is 96.0 cm³/mol. The van der Waals surface area contributed by atoms with Crippen LogP contribution in [-0.4, -0.2) is 26.8 Å². The van der Waals surface area contributed by atoms with Gasteiger partial charge in [0.05, 0.1) is 11.7 Å². The Bertz CT molecular complexity index is 792. The number of hydrogen-bond acceptors (Lipinski definition) is 5. The number of amides is 2. The number of thiazole rings is 1. The average molecular weight is 359 g/mol. The highest BCUT2D eigenvalue weighted by atomic mass is 32.1. The zero-order valence-electron chi connectivity index (χ0n) is 13.9. The number of carbonyl (C=O) groups is 1. The van der Waals surface area contributed by atoms with Crippen molar-refractivity contribution in [1.29, 1.82) is 0 Å². The quantitative estimate of drug-likeness (QED) is 0.878. The number of rotatable bonds is 4. The fraction of sp³-hybridized carbons (Fsp3) is 0.529. The summed E-state index contributed by atoms with van der Waals surface area (Å²) in [7, 11) is 0. The zero-order valence-corrected chi connectivity index (χ0v) is 14.7. The van der Waals surface area contributed by atoms with Crippen molar-refractivity contribution in [3.63, 3.8) is 0 Å². The summed E-state index contributed by atoms with van der Waals surface area (Å²) < 4.78 is 1.67. The lowest BCUT2D eigenvalue weighted by atomic mass is 9.91. The molecule has 2 fully saturated rings. The van der Waals surface area contributed by atoms with E-state index >= 15 is 0 Å². The second-order valence-corrected chi connectivity index (χ2v) is 7.65. The van der Waals surface area contributed by atoms with Crippen LogP contribution < -0.4 is 16.2 Å². The number of urea groups is 1. The van der Waals surface area contributed by atoms with Gasteiger partial charge in [0.1, 0.15) is 0 Å². The van der Waals surface area contributed by atoms with Crippen LogP contribution in [0, 0.1) is 0 Å². The summed E-state index contributed by atoms with van der Waals surface area (Å²) in [6, 6.07) is 3.55. The highest BCUT2D eigenvalue weighted by molar-refractivity contribution is 7.13. The first-order valence-corrected chi connectivity index (χ1v) is 9.64. The van der Waals surface area contributed by atoms with Gasteiger partial charge in [-0.3, -0.25) is 10.1 Å². The van der Waals surface area contributed by atoms with Crippen LogP contribution in [0.2, 0.25) is 0 Å². The van der Waals surface area contributed by atoms with Gasteiger partial charge in [0.2, 0.25) is 0 Å². The van der Waals surface area contributed by atoms with Gasteiger partial charge in [-0.15, -0.1) is 11.3 Å². The minimum atomic E-state index is -0.218. The Labute approximate surface area is 149 Å². The van der Waals surface area contributed by atoms with Crippen LogP contribution in [0.25, 0.3) is 0 Å². The van der Waals surface area contributed by atoms with E-state index in [1.165, 1.54) is 24.2 Å². The molecule has 2 heterocycles. The van der Waals surface area contributed by atoms with Crippen LogP contribution in [0.15, 0.2) is 28.5 Å². The van der Waals surface area contributed by atoms with E-state index < -0.39 is 0 Å². The first-order valence-electron chi connectivity index (χ1n) is 8.76. The van der Waals surface area contributed by atoms with Gasteiger partial charge in [0.25, 0.3) is 5.56 Å². The van der Waals surface area contributed by atoms with Gasteiger partial charge in [0.15, 0.2) is 5.13 Å². The molecule has 4 rings (SSSR count). The summed E-state index contributed by atoms with van der Waals surface area (Å²) >= 11 is 1.39. The molecule has 2 aromatic heterocycles. The molecule has 0 saturated heterocycles. The Morgan fingerprint density at radius 2 is 1.96 bits per heavy atom. The van der Waals surface area contributed by atoms with Gasteiger partial charge in [-0.25, -0.2) is 14.5 Å². The van der Waals surface area contributed by atoms with E-state index in [4.69, 9.17) is 0 Å². The van der Waals surface area contributed by atoms with Crippen molar-refractivity contribution in [2.45, 2.75) is 56.5 Å². The summed E-state index contributed by atoms with van der Waals surface area (Å²) in [5.41, 5.74) is 1.02. The van der Waals surface area contributed by atoms with Crippen molar-refractivity contribution in [1.82, 2.24) is 20.1 Å². The third-order valence-electron chi connectivity index (χ3n) is 4.87. The Morgan fingerprint density at radius 1 is 1.16 bits per heavy atom. The molecule has 0 unspecified atom stereocenters. The smallest absolute Gasteiger partial charge is 0.321 e. The van der Waals surface area contributed by atoms with E-state index in [9.17, 15) is 9.59 Å². The molecule has 0 atom stereocenters. The van der Waals surface area contributed by atoms with Crippen molar-refractivity contribution in [3.05, 3.63) is 39.8 Å². The van der Waals surface area contributed by atoms with Crippen molar-refractivity contribution in [2.75, 3.05) is 5.32 Å². The van der Waals surface area contributed by atoms with Gasteiger partial charge in [0, 0.05) is 29.6 Å². The van der Waals surface area contributed by atoms with Crippen molar-refractivity contribution in [2.24, 2.45) is 0 Å². The Morgan fingerprint density at radius 3 is 2.64 bits per heavy atom. The van der Waals surface area contributed by atoms with Crippen LogP contribution in [-0.2, 0) is 0 Å². The van der Waals surface area contributed by atoms with E-state index in [1.807, 2.05) is 11.4 Å². The van der Waals surface area contributed by atoms with E-state index in [-0.39, 0.29) is 23.7 Å².